The number of halogens is 1. The van der Waals surface area contributed by atoms with E-state index >= 15 is 0 Å². The zero-order chi connectivity index (χ0) is 20.4. The number of pyridine rings is 1. The number of para-hydroxylation sites is 1. The fourth-order valence-corrected chi connectivity index (χ4v) is 4.27. The summed E-state index contributed by atoms with van der Waals surface area (Å²) in [6.45, 7) is 0.491. The van der Waals surface area contributed by atoms with Gasteiger partial charge in [-0.15, -0.1) is 0 Å². The number of nitrogens with zero attached hydrogens (tertiary/aromatic N) is 2. The molecule has 1 N–H and O–H groups in total. The molecule has 3 aromatic rings. The molecule has 2 unspecified atom stereocenters. The average molecular weight is 408 g/mol. The van der Waals surface area contributed by atoms with Crippen LogP contribution in [0.1, 0.15) is 23.6 Å². The van der Waals surface area contributed by atoms with Crippen molar-refractivity contribution >= 4 is 34.3 Å². The van der Waals surface area contributed by atoms with E-state index in [1.54, 1.807) is 24.2 Å². The quantitative estimate of drug-likeness (QED) is 0.700. The number of aromatic nitrogens is 1. The Kier molecular flexibility index (Phi) is 5.49. The number of nitrogens with one attached hydrogen (secondary N) is 1. The number of benzene rings is 2. The van der Waals surface area contributed by atoms with Crippen LogP contribution < -0.4 is 5.32 Å². The third-order valence-electron chi connectivity index (χ3n) is 5.52. The van der Waals surface area contributed by atoms with E-state index in [0.29, 0.717) is 18.0 Å². The van der Waals surface area contributed by atoms with Crippen molar-refractivity contribution in [1.29, 1.82) is 0 Å². The number of fused-ring (bicyclic) bond motifs is 1. The van der Waals surface area contributed by atoms with E-state index in [2.05, 4.69) is 10.3 Å². The predicted octanol–water partition coefficient (Wildman–Crippen LogP) is 3.77. The van der Waals surface area contributed by atoms with Crippen molar-refractivity contribution in [2.24, 2.45) is 5.92 Å². The fraction of sp³-hybridized carbons (Fsp3) is 0.261. The van der Waals surface area contributed by atoms with Gasteiger partial charge in [0.1, 0.15) is 0 Å². The summed E-state index contributed by atoms with van der Waals surface area (Å²) in [5, 5.41) is 4.69. The lowest BCUT2D eigenvalue weighted by Crippen LogP contribution is -2.35. The van der Waals surface area contributed by atoms with Crippen molar-refractivity contribution in [3.05, 3.63) is 76.9 Å². The molecule has 29 heavy (non-hydrogen) atoms. The molecule has 0 radical (unpaired) electrons. The summed E-state index contributed by atoms with van der Waals surface area (Å²) in [4.78, 5) is 31.3. The van der Waals surface area contributed by atoms with E-state index in [0.717, 1.165) is 22.0 Å². The third kappa shape index (κ3) is 3.96. The minimum Gasteiger partial charge on any atom is -0.355 e. The Labute approximate surface area is 174 Å². The maximum atomic E-state index is 12.9. The SMILES string of the molecule is CN1C(=O)CC(C(=O)NCCc2cccc3cccnc23)C1c1cccc(Cl)c1. The Balaban J connectivity index is 1.46. The van der Waals surface area contributed by atoms with Crippen LogP contribution in [0.5, 0.6) is 0 Å². The second-order valence-corrected chi connectivity index (χ2v) is 7.78. The third-order valence-corrected chi connectivity index (χ3v) is 5.76. The van der Waals surface area contributed by atoms with E-state index in [1.807, 2.05) is 48.5 Å². The molecule has 0 aliphatic carbocycles. The lowest BCUT2D eigenvalue weighted by atomic mass is 9.93. The minimum absolute atomic E-state index is 0.0339. The summed E-state index contributed by atoms with van der Waals surface area (Å²) >= 11 is 6.12. The topological polar surface area (TPSA) is 62.3 Å². The van der Waals surface area contributed by atoms with Gasteiger partial charge in [0.25, 0.3) is 0 Å². The highest BCUT2D eigenvalue weighted by Crippen LogP contribution is 2.37. The van der Waals surface area contributed by atoms with Crippen molar-refractivity contribution in [2.45, 2.75) is 18.9 Å². The Morgan fingerprint density at radius 2 is 2.00 bits per heavy atom. The first-order valence-corrected chi connectivity index (χ1v) is 10.0. The van der Waals surface area contributed by atoms with Gasteiger partial charge in [0, 0.05) is 36.6 Å². The summed E-state index contributed by atoms with van der Waals surface area (Å²) in [7, 11) is 1.74. The van der Waals surface area contributed by atoms with Crippen molar-refractivity contribution in [1.82, 2.24) is 15.2 Å². The first kappa shape index (κ1) is 19.4. The van der Waals surface area contributed by atoms with Crippen LogP contribution in [-0.2, 0) is 16.0 Å². The Morgan fingerprint density at radius 3 is 2.83 bits per heavy atom. The Hall–Kier alpha value is -2.92. The second kappa shape index (κ2) is 8.21. The molecular weight excluding hydrogens is 386 g/mol. The average Bonchev–Trinajstić information content (AvgIpc) is 3.03. The van der Waals surface area contributed by atoms with Crippen molar-refractivity contribution in [3.8, 4) is 0 Å². The van der Waals surface area contributed by atoms with Gasteiger partial charge in [-0.3, -0.25) is 14.6 Å². The summed E-state index contributed by atoms with van der Waals surface area (Å²) in [6.07, 6.45) is 2.66. The highest BCUT2D eigenvalue weighted by Gasteiger charge is 2.42. The van der Waals surface area contributed by atoms with Crippen LogP contribution in [0.3, 0.4) is 0 Å². The molecule has 1 aromatic heterocycles. The molecule has 1 aliphatic heterocycles. The molecule has 1 fully saturated rings. The molecule has 2 amide bonds. The van der Waals surface area contributed by atoms with Crippen molar-refractivity contribution in [3.63, 3.8) is 0 Å². The minimum atomic E-state index is -0.434. The maximum absolute atomic E-state index is 12.9. The molecule has 6 heteroatoms. The normalized spacial score (nSPS) is 19.0. The molecule has 2 heterocycles. The van der Waals surface area contributed by atoms with Crippen LogP contribution >= 0.6 is 11.6 Å². The molecule has 4 rings (SSSR count). The number of rotatable bonds is 5. The highest BCUT2D eigenvalue weighted by molar-refractivity contribution is 6.30. The molecule has 5 nitrogen and oxygen atoms in total. The van der Waals surface area contributed by atoms with Crippen LogP contribution in [0, 0.1) is 5.92 Å². The van der Waals surface area contributed by atoms with Gasteiger partial charge in [-0.05, 0) is 35.7 Å². The molecule has 1 saturated heterocycles. The monoisotopic (exact) mass is 407 g/mol. The van der Waals surface area contributed by atoms with Gasteiger partial charge in [0.2, 0.25) is 11.8 Å². The lowest BCUT2D eigenvalue weighted by molar-refractivity contribution is -0.128. The zero-order valence-electron chi connectivity index (χ0n) is 16.1. The number of hydrogen-bond donors (Lipinski definition) is 1. The van der Waals surface area contributed by atoms with E-state index in [1.165, 1.54) is 0 Å². The first-order chi connectivity index (χ1) is 14.0. The largest absolute Gasteiger partial charge is 0.355 e. The number of carbonyl (C=O) groups excluding carboxylic acids is 2. The van der Waals surface area contributed by atoms with Crippen LogP contribution in [0.4, 0.5) is 0 Å². The van der Waals surface area contributed by atoms with E-state index < -0.39 is 5.92 Å². The Bertz CT molecular complexity index is 1060. The zero-order valence-corrected chi connectivity index (χ0v) is 16.9. The van der Waals surface area contributed by atoms with E-state index in [4.69, 9.17) is 11.6 Å². The molecule has 2 atom stereocenters. The lowest BCUT2D eigenvalue weighted by Gasteiger charge is -2.25. The molecule has 2 aromatic carbocycles. The summed E-state index contributed by atoms with van der Waals surface area (Å²) in [5.41, 5.74) is 2.93. The summed E-state index contributed by atoms with van der Waals surface area (Å²) in [6, 6.07) is 17.1. The van der Waals surface area contributed by atoms with Crippen LogP contribution in [0.25, 0.3) is 10.9 Å². The molecule has 0 saturated carbocycles. The number of amides is 2. The summed E-state index contributed by atoms with van der Waals surface area (Å²) < 4.78 is 0. The smallest absolute Gasteiger partial charge is 0.226 e. The fourth-order valence-electron chi connectivity index (χ4n) is 4.07. The van der Waals surface area contributed by atoms with Gasteiger partial charge < -0.3 is 10.2 Å². The summed E-state index contributed by atoms with van der Waals surface area (Å²) in [5.74, 6) is -0.578. The number of carbonyl (C=O) groups is 2. The van der Waals surface area contributed by atoms with Gasteiger partial charge >= 0.3 is 0 Å². The van der Waals surface area contributed by atoms with Crippen LogP contribution in [0.2, 0.25) is 5.02 Å². The molecule has 0 bridgehead atoms. The van der Waals surface area contributed by atoms with Gasteiger partial charge in [-0.25, -0.2) is 0 Å². The van der Waals surface area contributed by atoms with Crippen molar-refractivity contribution < 1.29 is 9.59 Å². The molecule has 148 valence electrons. The van der Waals surface area contributed by atoms with Gasteiger partial charge in [-0.1, -0.05) is 48.0 Å². The molecule has 0 spiro atoms. The van der Waals surface area contributed by atoms with Gasteiger partial charge in [0.15, 0.2) is 0 Å². The molecule has 1 aliphatic rings. The van der Waals surface area contributed by atoms with Gasteiger partial charge in [-0.2, -0.15) is 0 Å². The van der Waals surface area contributed by atoms with Crippen LogP contribution in [-0.4, -0.2) is 35.3 Å². The highest BCUT2D eigenvalue weighted by atomic mass is 35.5. The first-order valence-electron chi connectivity index (χ1n) is 9.66. The standard InChI is InChI=1S/C23H22ClN3O2/c1-27-20(28)14-19(22(27)17-7-3-9-18(24)13-17)23(29)26-12-10-16-6-2-5-15-8-4-11-25-21(15)16/h2-9,11,13,19,22H,10,12,14H2,1H3,(H,26,29). The molecular formula is C23H22ClN3O2. The maximum Gasteiger partial charge on any atom is 0.226 e. The predicted molar refractivity (Wildman–Crippen MR) is 114 cm³/mol. The second-order valence-electron chi connectivity index (χ2n) is 7.35. The number of likely N-dealkylation sites (tertiary alicyclic amines) is 1. The van der Waals surface area contributed by atoms with Crippen LogP contribution in [0.15, 0.2) is 60.8 Å². The Morgan fingerprint density at radius 1 is 1.21 bits per heavy atom. The number of hydrogen-bond acceptors (Lipinski definition) is 3. The van der Waals surface area contributed by atoms with E-state index in [9.17, 15) is 9.59 Å². The van der Waals surface area contributed by atoms with E-state index in [-0.39, 0.29) is 24.3 Å². The van der Waals surface area contributed by atoms with Crippen molar-refractivity contribution in [2.75, 3.05) is 13.6 Å². The van der Waals surface area contributed by atoms with Gasteiger partial charge in [0.05, 0.1) is 17.5 Å².